The second-order valence-corrected chi connectivity index (χ2v) is 11.6. The molecule has 0 amide bonds. The molecule has 0 aliphatic rings. The van der Waals surface area contributed by atoms with Crippen molar-refractivity contribution in [3.05, 3.63) is 145 Å². The van der Waals surface area contributed by atoms with Crippen LogP contribution >= 0.6 is 16.3 Å². The number of furan rings is 1. The van der Waals surface area contributed by atoms with E-state index in [9.17, 15) is 0 Å². The molecule has 0 saturated carbocycles. The lowest BCUT2D eigenvalue weighted by Crippen LogP contribution is -2.13. The van der Waals surface area contributed by atoms with Crippen LogP contribution in [-0.2, 0) is 22.3 Å². The first-order valence-corrected chi connectivity index (χ1v) is 14.0. The highest BCUT2D eigenvalue weighted by atomic mass is 31.1. The minimum atomic E-state index is -0.932. The molecule has 35 heavy (non-hydrogen) atoms. The molecule has 0 spiro atoms. The van der Waals surface area contributed by atoms with E-state index in [0.717, 1.165) is 11.5 Å². The number of hydrogen-bond donors (Lipinski definition) is 0. The summed E-state index contributed by atoms with van der Waals surface area (Å²) in [4.78, 5) is 0. The van der Waals surface area contributed by atoms with Crippen molar-refractivity contribution < 1.29 is 13.5 Å². The maximum atomic E-state index is 6.41. The molecule has 0 saturated heterocycles. The van der Waals surface area contributed by atoms with Gasteiger partial charge in [0.1, 0.15) is 24.7 Å². The molecule has 5 aromatic rings. The zero-order valence-electron chi connectivity index (χ0n) is 19.2. The van der Waals surface area contributed by atoms with Gasteiger partial charge in [-0.2, -0.15) is 0 Å². The average molecular weight is 496 g/mol. The van der Waals surface area contributed by atoms with Crippen molar-refractivity contribution in [3.8, 4) is 0 Å². The second-order valence-electron chi connectivity index (χ2n) is 7.85. The highest BCUT2D eigenvalue weighted by molar-refractivity contribution is 7.68. The lowest BCUT2D eigenvalue weighted by atomic mass is 10.4. The van der Waals surface area contributed by atoms with Gasteiger partial charge in [0, 0.05) is 21.2 Å². The van der Waals surface area contributed by atoms with Gasteiger partial charge < -0.3 is 13.5 Å². The van der Waals surface area contributed by atoms with Crippen LogP contribution in [0.15, 0.2) is 138 Å². The van der Waals surface area contributed by atoms with Crippen molar-refractivity contribution in [2.75, 3.05) is 0 Å². The van der Waals surface area contributed by atoms with Crippen LogP contribution in [-0.4, -0.2) is 0 Å². The number of benzene rings is 4. The summed E-state index contributed by atoms with van der Waals surface area (Å²) < 4.78 is 18.9. The van der Waals surface area contributed by atoms with Gasteiger partial charge in [-0.3, -0.25) is 0 Å². The molecule has 0 aliphatic heterocycles. The van der Waals surface area contributed by atoms with Crippen molar-refractivity contribution in [2.45, 2.75) is 13.2 Å². The Bertz CT molecular complexity index is 1110. The highest BCUT2D eigenvalue weighted by Gasteiger charge is 2.18. The molecular weight excluding hydrogens is 470 g/mol. The second kappa shape index (κ2) is 12.1. The van der Waals surface area contributed by atoms with E-state index in [-0.39, 0.29) is 0 Å². The van der Waals surface area contributed by atoms with Crippen LogP contribution < -0.4 is 21.2 Å². The maximum absolute atomic E-state index is 6.41. The van der Waals surface area contributed by atoms with E-state index >= 15 is 0 Å². The van der Waals surface area contributed by atoms with Crippen LogP contribution in [0.3, 0.4) is 0 Å². The molecule has 0 atom stereocenters. The minimum absolute atomic E-state index is 0.404. The standard InChI is InChI=1S/C30H26O3P2/c1-5-13-27(14-6-1)34(28-15-7-2-8-16-28)31-23-25-21-22-26(33-25)24-32-35(29-17-9-3-10-18-29)30-19-11-4-12-20-30/h1-22H,23-24H2. The van der Waals surface area contributed by atoms with Crippen LogP contribution in [0.4, 0.5) is 0 Å². The highest BCUT2D eigenvalue weighted by Crippen LogP contribution is 2.37. The van der Waals surface area contributed by atoms with E-state index in [1.54, 1.807) is 0 Å². The van der Waals surface area contributed by atoms with Crippen LogP contribution in [0.5, 0.6) is 0 Å². The van der Waals surface area contributed by atoms with Crippen molar-refractivity contribution in [1.29, 1.82) is 0 Å². The third-order valence-corrected chi connectivity index (χ3v) is 9.20. The zero-order valence-corrected chi connectivity index (χ0v) is 21.0. The Morgan fingerprint density at radius 2 is 0.686 bits per heavy atom. The Balaban J connectivity index is 1.26. The Kier molecular flexibility index (Phi) is 8.16. The Morgan fingerprint density at radius 3 is 0.971 bits per heavy atom. The summed E-state index contributed by atoms with van der Waals surface area (Å²) in [5, 5.41) is 4.72. The van der Waals surface area contributed by atoms with Gasteiger partial charge in [0.15, 0.2) is 0 Å². The molecular formula is C30H26O3P2. The minimum Gasteiger partial charge on any atom is -0.461 e. The smallest absolute Gasteiger partial charge is 0.130 e. The van der Waals surface area contributed by atoms with Crippen LogP contribution in [0.1, 0.15) is 11.5 Å². The van der Waals surface area contributed by atoms with E-state index in [2.05, 4.69) is 97.1 Å². The normalized spacial score (nSPS) is 11.3. The summed E-state index contributed by atoms with van der Waals surface area (Å²) >= 11 is 0. The molecule has 1 aromatic heterocycles. The molecule has 0 radical (unpaired) electrons. The molecule has 4 aromatic carbocycles. The molecule has 3 nitrogen and oxygen atoms in total. The van der Waals surface area contributed by atoms with E-state index in [4.69, 9.17) is 13.5 Å². The Hall–Kier alpha value is -3.06. The quantitative estimate of drug-likeness (QED) is 0.210. The number of hydrogen-bond acceptors (Lipinski definition) is 3. The van der Waals surface area contributed by atoms with Crippen molar-refractivity contribution >= 4 is 37.5 Å². The van der Waals surface area contributed by atoms with Gasteiger partial charge in [0.2, 0.25) is 0 Å². The van der Waals surface area contributed by atoms with Gasteiger partial charge in [0.05, 0.1) is 16.3 Å². The summed E-state index contributed by atoms with van der Waals surface area (Å²) in [6.07, 6.45) is 0. The van der Waals surface area contributed by atoms with Gasteiger partial charge in [0.25, 0.3) is 0 Å². The topological polar surface area (TPSA) is 31.6 Å². The fourth-order valence-electron chi connectivity index (χ4n) is 3.68. The molecule has 0 unspecified atom stereocenters. The molecule has 5 heteroatoms. The van der Waals surface area contributed by atoms with Gasteiger partial charge in [-0.25, -0.2) is 0 Å². The molecule has 174 valence electrons. The summed E-state index contributed by atoms with van der Waals surface area (Å²) in [5.41, 5.74) is 0. The summed E-state index contributed by atoms with van der Waals surface area (Å²) in [6, 6.07) is 45.5. The van der Waals surface area contributed by atoms with Gasteiger partial charge in [-0.05, 0) is 12.1 Å². The zero-order chi connectivity index (χ0) is 23.7. The molecule has 5 rings (SSSR count). The molecule has 0 N–H and O–H groups in total. The van der Waals surface area contributed by atoms with Crippen LogP contribution in [0.25, 0.3) is 0 Å². The van der Waals surface area contributed by atoms with Crippen LogP contribution in [0.2, 0.25) is 0 Å². The maximum Gasteiger partial charge on any atom is 0.130 e. The lowest BCUT2D eigenvalue weighted by Gasteiger charge is -2.18. The third kappa shape index (κ3) is 6.34. The van der Waals surface area contributed by atoms with Crippen molar-refractivity contribution in [1.82, 2.24) is 0 Å². The van der Waals surface area contributed by atoms with Crippen molar-refractivity contribution in [2.24, 2.45) is 0 Å². The van der Waals surface area contributed by atoms with Crippen molar-refractivity contribution in [3.63, 3.8) is 0 Å². The average Bonchev–Trinajstić information content (AvgIpc) is 3.39. The Labute approximate surface area is 209 Å². The number of rotatable bonds is 10. The first-order valence-electron chi connectivity index (χ1n) is 11.5. The predicted molar refractivity (Wildman–Crippen MR) is 146 cm³/mol. The van der Waals surface area contributed by atoms with Gasteiger partial charge in [-0.15, -0.1) is 0 Å². The predicted octanol–water partition coefficient (Wildman–Crippen LogP) is 6.41. The fraction of sp³-hybridized carbons (Fsp3) is 0.0667. The van der Waals surface area contributed by atoms with Gasteiger partial charge in [-0.1, -0.05) is 121 Å². The third-order valence-electron chi connectivity index (χ3n) is 5.35. The van der Waals surface area contributed by atoms with E-state index in [1.807, 2.05) is 36.4 Å². The van der Waals surface area contributed by atoms with Crippen LogP contribution in [0, 0.1) is 0 Å². The molecule has 0 bridgehead atoms. The Morgan fingerprint density at radius 1 is 0.400 bits per heavy atom. The largest absolute Gasteiger partial charge is 0.461 e. The summed E-state index contributed by atoms with van der Waals surface area (Å²) in [5.74, 6) is 1.60. The lowest BCUT2D eigenvalue weighted by molar-refractivity contribution is 0.265. The molecule has 1 heterocycles. The van der Waals surface area contributed by atoms with E-state index in [0.29, 0.717) is 13.2 Å². The molecule has 0 aliphatic carbocycles. The fourth-order valence-corrected chi connectivity index (χ4v) is 7.16. The van der Waals surface area contributed by atoms with E-state index < -0.39 is 16.3 Å². The first kappa shape index (κ1) is 23.7. The SMILES string of the molecule is c1ccc(P(OCc2ccc(COP(c3ccccc3)c3ccccc3)o2)c2ccccc2)cc1. The summed E-state index contributed by atoms with van der Waals surface area (Å²) in [6.45, 7) is 0.809. The monoisotopic (exact) mass is 496 g/mol. The molecule has 0 fully saturated rings. The summed E-state index contributed by atoms with van der Waals surface area (Å²) in [7, 11) is -1.86. The van der Waals surface area contributed by atoms with E-state index in [1.165, 1.54) is 21.2 Å². The van der Waals surface area contributed by atoms with Gasteiger partial charge >= 0.3 is 0 Å². The first-order chi connectivity index (χ1) is 17.4.